The topological polar surface area (TPSA) is 57.0 Å². The first-order valence-corrected chi connectivity index (χ1v) is 8.20. The first-order chi connectivity index (χ1) is 11.6. The lowest BCUT2D eigenvalue weighted by molar-refractivity contribution is -0.131. The molecule has 0 spiro atoms. The first-order valence-electron chi connectivity index (χ1n) is 8.20. The number of nitrogens with zero attached hydrogens (tertiary/aromatic N) is 3. The molecule has 1 amide bonds. The lowest BCUT2D eigenvalue weighted by Crippen LogP contribution is -2.31. The van der Waals surface area contributed by atoms with E-state index in [2.05, 4.69) is 43.1 Å². The summed E-state index contributed by atoms with van der Waals surface area (Å²) in [5.41, 5.74) is 4.64. The van der Waals surface area contributed by atoms with Crippen molar-refractivity contribution in [1.29, 1.82) is 5.26 Å². The van der Waals surface area contributed by atoms with E-state index in [1.54, 1.807) is 17.3 Å². The Morgan fingerprint density at radius 3 is 2.79 bits per heavy atom. The molecule has 24 heavy (non-hydrogen) atoms. The summed E-state index contributed by atoms with van der Waals surface area (Å²) in [7, 11) is 0. The Morgan fingerprint density at radius 2 is 2.12 bits per heavy atom. The molecule has 1 aromatic heterocycles. The Morgan fingerprint density at radius 1 is 1.29 bits per heavy atom. The standard InChI is InChI=1S/C20H23N3O/c1-16-6-7-19(17(2)13-16)8-9-20(24)23(12-4-10-21)15-18-5-3-11-22-14-18/h3,5-7,11,13-14H,4,8-9,12,15H2,1-2H3. The second kappa shape index (κ2) is 8.83. The Balaban J connectivity index is 2.00. The van der Waals surface area contributed by atoms with E-state index in [9.17, 15) is 4.79 Å². The van der Waals surface area contributed by atoms with Gasteiger partial charge >= 0.3 is 0 Å². The first kappa shape index (κ1) is 17.7. The lowest BCUT2D eigenvalue weighted by atomic mass is 10.0. The van der Waals surface area contributed by atoms with Crippen molar-refractivity contribution in [3.05, 3.63) is 65.0 Å². The molecule has 0 bridgehead atoms. The summed E-state index contributed by atoms with van der Waals surface area (Å²) in [4.78, 5) is 18.4. The molecular formula is C20H23N3O. The summed E-state index contributed by atoms with van der Waals surface area (Å²) in [6, 6.07) is 12.2. The molecule has 0 aliphatic carbocycles. The monoisotopic (exact) mass is 321 g/mol. The van der Waals surface area contributed by atoms with Gasteiger partial charge in [-0.05, 0) is 43.0 Å². The molecule has 1 aromatic carbocycles. The molecule has 0 N–H and O–H groups in total. The van der Waals surface area contributed by atoms with Crippen LogP contribution >= 0.6 is 0 Å². The molecule has 0 unspecified atom stereocenters. The molecule has 0 saturated carbocycles. The average Bonchev–Trinajstić information content (AvgIpc) is 2.58. The number of carbonyl (C=O) groups is 1. The van der Waals surface area contributed by atoms with Crippen molar-refractivity contribution < 1.29 is 4.79 Å². The third kappa shape index (κ3) is 5.20. The number of pyridine rings is 1. The van der Waals surface area contributed by atoms with Crippen molar-refractivity contribution in [2.75, 3.05) is 6.54 Å². The van der Waals surface area contributed by atoms with Crippen LogP contribution in [-0.2, 0) is 17.8 Å². The normalized spacial score (nSPS) is 10.2. The van der Waals surface area contributed by atoms with Gasteiger partial charge in [-0.3, -0.25) is 9.78 Å². The van der Waals surface area contributed by atoms with Crippen molar-refractivity contribution >= 4 is 5.91 Å². The molecule has 2 aromatic rings. The molecule has 0 fully saturated rings. The zero-order valence-electron chi connectivity index (χ0n) is 14.3. The van der Waals surface area contributed by atoms with E-state index < -0.39 is 0 Å². The summed E-state index contributed by atoms with van der Waals surface area (Å²) >= 11 is 0. The van der Waals surface area contributed by atoms with Crippen molar-refractivity contribution in [3.8, 4) is 6.07 Å². The number of carbonyl (C=O) groups excluding carboxylic acids is 1. The van der Waals surface area contributed by atoms with Crippen LogP contribution < -0.4 is 0 Å². The highest BCUT2D eigenvalue weighted by Gasteiger charge is 2.14. The van der Waals surface area contributed by atoms with E-state index in [1.807, 2.05) is 12.1 Å². The fourth-order valence-electron chi connectivity index (χ4n) is 2.71. The summed E-state index contributed by atoms with van der Waals surface area (Å²) in [6.45, 7) is 5.10. The van der Waals surface area contributed by atoms with Crippen LogP contribution in [0, 0.1) is 25.2 Å². The van der Waals surface area contributed by atoms with Crippen LogP contribution in [0.25, 0.3) is 0 Å². The molecule has 0 saturated heterocycles. The van der Waals surface area contributed by atoms with Gasteiger partial charge in [0.15, 0.2) is 0 Å². The Kier molecular flexibility index (Phi) is 6.51. The Labute approximate surface area is 143 Å². The fraction of sp³-hybridized carbons (Fsp3) is 0.350. The summed E-state index contributed by atoms with van der Waals surface area (Å²) in [6.07, 6.45) is 4.99. The number of aryl methyl sites for hydroxylation is 3. The van der Waals surface area contributed by atoms with E-state index in [0.29, 0.717) is 25.9 Å². The Bertz CT molecular complexity index is 719. The maximum absolute atomic E-state index is 12.6. The van der Waals surface area contributed by atoms with Crippen molar-refractivity contribution in [2.24, 2.45) is 0 Å². The van der Waals surface area contributed by atoms with Crippen LogP contribution in [0.3, 0.4) is 0 Å². The van der Waals surface area contributed by atoms with Crippen LogP contribution in [-0.4, -0.2) is 22.3 Å². The number of aromatic nitrogens is 1. The molecule has 1 heterocycles. The average molecular weight is 321 g/mol. The summed E-state index contributed by atoms with van der Waals surface area (Å²) < 4.78 is 0. The summed E-state index contributed by atoms with van der Waals surface area (Å²) in [5, 5.41) is 8.83. The maximum atomic E-state index is 12.6. The largest absolute Gasteiger partial charge is 0.337 e. The number of benzene rings is 1. The van der Waals surface area contributed by atoms with Crippen LogP contribution in [0.5, 0.6) is 0 Å². The molecule has 0 aliphatic rings. The number of amides is 1. The molecule has 0 radical (unpaired) electrons. The van der Waals surface area contributed by atoms with Crippen molar-refractivity contribution in [1.82, 2.24) is 9.88 Å². The van der Waals surface area contributed by atoms with Gasteiger partial charge in [-0.2, -0.15) is 5.26 Å². The molecule has 0 atom stereocenters. The smallest absolute Gasteiger partial charge is 0.223 e. The van der Waals surface area contributed by atoms with Gasteiger partial charge in [-0.15, -0.1) is 0 Å². The number of hydrogen-bond acceptors (Lipinski definition) is 3. The van der Waals surface area contributed by atoms with E-state index >= 15 is 0 Å². The van der Waals surface area contributed by atoms with E-state index in [0.717, 1.165) is 12.0 Å². The highest BCUT2D eigenvalue weighted by Crippen LogP contribution is 2.14. The number of rotatable bonds is 7. The molecule has 124 valence electrons. The fourth-order valence-corrected chi connectivity index (χ4v) is 2.71. The second-order valence-corrected chi connectivity index (χ2v) is 6.01. The van der Waals surface area contributed by atoms with Gasteiger partial charge in [0.25, 0.3) is 0 Å². The predicted molar refractivity (Wildman–Crippen MR) is 94.1 cm³/mol. The minimum Gasteiger partial charge on any atom is -0.337 e. The highest BCUT2D eigenvalue weighted by molar-refractivity contribution is 5.76. The van der Waals surface area contributed by atoms with Gasteiger partial charge in [0.2, 0.25) is 5.91 Å². The van der Waals surface area contributed by atoms with E-state index in [1.165, 1.54) is 16.7 Å². The van der Waals surface area contributed by atoms with E-state index in [4.69, 9.17) is 5.26 Å². The van der Waals surface area contributed by atoms with Crippen molar-refractivity contribution in [2.45, 2.75) is 39.7 Å². The molecule has 0 aliphatic heterocycles. The van der Waals surface area contributed by atoms with Crippen LogP contribution in [0.2, 0.25) is 0 Å². The molecular weight excluding hydrogens is 298 g/mol. The van der Waals surface area contributed by atoms with Crippen LogP contribution in [0.15, 0.2) is 42.7 Å². The molecule has 4 heteroatoms. The number of nitriles is 1. The minimum absolute atomic E-state index is 0.0779. The maximum Gasteiger partial charge on any atom is 0.223 e. The van der Waals surface area contributed by atoms with Gasteiger partial charge in [0.05, 0.1) is 12.5 Å². The zero-order valence-corrected chi connectivity index (χ0v) is 14.3. The lowest BCUT2D eigenvalue weighted by Gasteiger charge is -2.22. The Hall–Kier alpha value is -2.67. The quantitative estimate of drug-likeness (QED) is 0.783. The highest BCUT2D eigenvalue weighted by atomic mass is 16.2. The van der Waals surface area contributed by atoms with Gasteiger partial charge < -0.3 is 4.90 Å². The van der Waals surface area contributed by atoms with Crippen molar-refractivity contribution in [3.63, 3.8) is 0 Å². The van der Waals surface area contributed by atoms with Gasteiger partial charge in [0, 0.05) is 31.9 Å². The van der Waals surface area contributed by atoms with Gasteiger partial charge in [-0.25, -0.2) is 0 Å². The van der Waals surface area contributed by atoms with Gasteiger partial charge in [-0.1, -0.05) is 29.8 Å². The third-order valence-corrected chi connectivity index (χ3v) is 4.05. The van der Waals surface area contributed by atoms with Crippen LogP contribution in [0.1, 0.15) is 35.1 Å². The predicted octanol–water partition coefficient (Wildman–Crippen LogP) is 3.57. The van der Waals surface area contributed by atoms with E-state index in [-0.39, 0.29) is 5.91 Å². The number of hydrogen-bond donors (Lipinski definition) is 0. The second-order valence-electron chi connectivity index (χ2n) is 6.01. The molecule has 4 nitrogen and oxygen atoms in total. The minimum atomic E-state index is 0.0779. The molecule has 2 rings (SSSR count). The summed E-state index contributed by atoms with van der Waals surface area (Å²) in [5.74, 6) is 0.0779. The SMILES string of the molecule is Cc1ccc(CCC(=O)N(CCC#N)Cc2cccnc2)c(C)c1. The zero-order chi connectivity index (χ0) is 17.4. The van der Waals surface area contributed by atoms with Crippen LogP contribution in [0.4, 0.5) is 0 Å². The third-order valence-electron chi connectivity index (χ3n) is 4.05. The van der Waals surface area contributed by atoms with Gasteiger partial charge in [0.1, 0.15) is 0 Å².